The summed E-state index contributed by atoms with van der Waals surface area (Å²) in [4.78, 5) is 37.5. The fourth-order valence-corrected chi connectivity index (χ4v) is 4.38. The van der Waals surface area contributed by atoms with E-state index < -0.39 is 28.5 Å². The number of hydrogen-bond donors (Lipinski definition) is 1. The van der Waals surface area contributed by atoms with Crippen LogP contribution in [0.1, 0.15) is 16.8 Å². The van der Waals surface area contributed by atoms with Crippen molar-refractivity contribution < 1.29 is 32.7 Å². The largest absolute Gasteiger partial charge is 0.478 e. The molecule has 28 heavy (non-hydrogen) atoms. The van der Waals surface area contributed by atoms with Gasteiger partial charge < -0.3 is 5.11 Å². The van der Waals surface area contributed by atoms with Crippen molar-refractivity contribution in [2.75, 3.05) is 4.90 Å². The molecule has 1 saturated heterocycles. The summed E-state index contributed by atoms with van der Waals surface area (Å²) in [5, 5.41) is 8.43. The Bertz CT molecular complexity index is 931. The molecule has 5 nitrogen and oxygen atoms in total. The lowest BCUT2D eigenvalue weighted by molar-refractivity contribution is -0.121. The third-order valence-corrected chi connectivity index (χ3v) is 5.82. The van der Waals surface area contributed by atoms with Crippen molar-refractivity contribution in [1.82, 2.24) is 0 Å². The average molecular weight is 427 g/mol. The quantitative estimate of drug-likeness (QED) is 0.563. The van der Waals surface area contributed by atoms with Crippen molar-refractivity contribution >= 4 is 47.0 Å². The predicted molar refractivity (Wildman–Crippen MR) is 98.5 cm³/mol. The van der Waals surface area contributed by atoms with Gasteiger partial charge in [-0.05, 0) is 48.2 Å². The molecule has 0 saturated carbocycles. The molecule has 2 aromatic carbocycles. The number of rotatable bonds is 5. The first-order valence-electron chi connectivity index (χ1n) is 7.87. The summed E-state index contributed by atoms with van der Waals surface area (Å²) >= 11 is 0.694. The molecule has 0 spiro atoms. The van der Waals surface area contributed by atoms with Crippen LogP contribution < -0.4 is 4.90 Å². The molecule has 1 fully saturated rings. The number of benzene rings is 2. The molecule has 0 aromatic heterocycles. The molecule has 10 heteroatoms. The Hall–Kier alpha value is -2.46. The van der Waals surface area contributed by atoms with Crippen molar-refractivity contribution in [2.24, 2.45) is 0 Å². The van der Waals surface area contributed by atoms with Crippen LogP contribution in [0, 0.1) is 0 Å². The zero-order valence-electron chi connectivity index (χ0n) is 14.0. The number of amides is 2. The number of thioether (sulfide) groups is 2. The number of carboxylic acid groups (broad SMARTS) is 1. The van der Waals surface area contributed by atoms with Crippen LogP contribution in [0.3, 0.4) is 0 Å². The van der Waals surface area contributed by atoms with Crippen LogP contribution in [0.5, 0.6) is 0 Å². The summed E-state index contributed by atoms with van der Waals surface area (Å²) in [6.45, 7) is 0. The monoisotopic (exact) mass is 427 g/mol. The molecule has 2 amide bonds. The van der Waals surface area contributed by atoms with Gasteiger partial charge in [0.25, 0.3) is 0 Å². The Balaban J connectivity index is 1.78. The van der Waals surface area contributed by atoms with Crippen LogP contribution in [-0.2, 0) is 9.59 Å². The van der Waals surface area contributed by atoms with Gasteiger partial charge in [0.15, 0.2) is 0 Å². The Kier molecular flexibility index (Phi) is 5.71. The third kappa shape index (κ3) is 4.50. The van der Waals surface area contributed by atoms with Crippen LogP contribution in [0.4, 0.5) is 18.9 Å². The highest BCUT2D eigenvalue weighted by Gasteiger charge is 2.40. The minimum absolute atomic E-state index is 0.0275. The zero-order valence-corrected chi connectivity index (χ0v) is 15.6. The van der Waals surface area contributed by atoms with E-state index in [0.29, 0.717) is 4.90 Å². The number of imide groups is 1. The van der Waals surface area contributed by atoms with E-state index in [0.717, 1.165) is 16.7 Å². The number of aromatic carboxylic acids is 1. The molecular formula is C18H12F3NO4S2. The second-order valence-corrected chi connectivity index (χ2v) is 8.10. The highest BCUT2D eigenvalue weighted by atomic mass is 32.2. The highest BCUT2D eigenvalue weighted by molar-refractivity contribution is 8.00. The van der Waals surface area contributed by atoms with E-state index in [4.69, 9.17) is 0 Å². The second kappa shape index (κ2) is 7.88. The lowest BCUT2D eigenvalue weighted by atomic mass is 10.2. The number of carbonyl (C=O) groups is 3. The number of alkyl halides is 3. The predicted octanol–water partition coefficient (Wildman–Crippen LogP) is 4.42. The van der Waals surface area contributed by atoms with Crippen molar-refractivity contribution in [1.29, 1.82) is 0 Å². The minimum atomic E-state index is -4.43. The van der Waals surface area contributed by atoms with Gasteiger partial charge in [0.05, 0.1) is 16.5 Å². The standard InChI is InChI=1S/C18H12F3NO4S2/c19-18(20,21)28-11-7-5-10(6-8-11)22-15(23)9-14(16(22)24)27-13-4-2-1-3-12(13)17(25)26/h1-8,14H,9H2,(H,25,26)/t14-/m0/s1. The molecule has 1 aliphatic heterocycles. The fourth-order valence-electron chi connectivity index (χ4n) is 2.66. The molecule has 0 aliphatic carbocycles. The van der Waals surface area contributed by atoms with Crippen LogP contribution in [0.15, 0.2) is 58.3 Å². The average Bonchev–Trinajstić information content (AvgIpc) is 2.88. The van der Waals surface area contributed by atoms with Crippen LogP contribution in [-0.4, -0.2) is 33.6 Å². The van der Waals surface area contributed by atoms with Gasteiger partial charge in [-0.2, -0.15) is 13.2 Å². The maximum Gasteiger partial charge on any atom is 0.446 e. The summed E-state index contributed by atoms with van der Waals surface area (Å²) in [6.07, 6.45) is -0.128. The van der Waals surface area contributed by atoms with Crippen LogP contribution in [0.2, 0.25) is 0 Å². The summed E-state index contributed by atoms with van der Waals surface area (Å²) in [5.41, 5.74) is -4.23. The molecule has 1 N–H and O–H groups in total. The molecule has 0 unspecified atom stereocenters. The topological polar surface area (TPSA) is 74.7 Å². The lowest BCUT2D eigenvalue weighted by Crippen LogP contribution is -2.31. The number of carbonyl (C=O) groups excluding carboxylic acids is 2. The summed E-state index contributed by atoms with van der Waals surface area (Å²) in [6, 6.07) is 11.1. The number of anilines is 1. The minimum Gasteiger partial charge on any atom is -0.478 e. The van der Waals surface area contributed by atoms with Crippen LogP contribution in [0.25, 0.3) is 0 Å². The first-order valence-corrected chi connectivity index (χ1v) is 9.57. The first kappa shape index (κ1) is 20.3. The SMILES string of the molecule is O=C(O)c1ccccc1S[C@H]1CC(=O)N(c2ccc(SC(F)(F)F)cc2)C1=O. The molecule has 3 rings (SSSR count). The van der Waals surface area contributed by atoms with E-state index in [1.54, 1.807) is 18.2 Å². The summed E-state index contributed by atoms with van der Waals surface area (Å²) in [7, 11) is 0. The Morgan fingerprint density at radius 3 is 2.32 bits per heavy atom. The van der Waals surface area contributed by atoms with Gasteiger partial charge in [0, 0.05) is 16.2 Å². The van der Waals surface area contributed by atoms with Gasteiger partial charge >= 0.3 is 11.5 Å². The molecular weight excluding hydrogens is 415 g/mol. The Labute approximate surface area is 165 Å². The number of hydrogen-bond acceptors (Lipinski definition) is 5. The van der Waals surface area contributed by atoms with E-state index in [9.17, 15) is 32.7 Å². The number of nitrogens with zero attached hydrogens (tertiary/aromatic N) is 1. The second-order valence-electron chi connectivity index (χ2n) is 5.72. The van der Waals surface area contributed by atoms with Gasteiger partial charge in [0.2, 0.25) is 11.8 Å². The normalized spacial score (nSPS) is 17.2. The number of halogens is 3. The molecule has 146 valence electrons. The van der Waals surface area contributed by atoms with E-state index in [2.05, 4.69) is 0 Å². The van der Waals surface area contributed by atoms with Gasteiger partial charge in [-0.3, -0.25) is 9.59 Å². The molecule has 2 aromatic rings. The van der Waals surface area contributed by atoms with Crippen molar-refractivity contribution in [3.05, 3.63) is 54.1 Å². The maximum absolute atomic E-state index is 12.7. The molecule has 0 radical (unpaired) electrons. The lowest BCUT2D eigenvalue weighted by Gasteiger charge is -2.16. The third-order valence-electron chi connectivity index (χ3n) is 3.82. The first-order chi connectivity index (χ1) is 13.2. The van der Waals surface area contributed by atoms with Crippen molar-refractivity contribution in [3.8, 4) is 0 Å². The Morgan fingerprint density at radius 2 is 1.71 bits per heavy atom. The molecule has 1 heterocycles. The fraction of sp³-hybridized carbons (Fsp3) is 0.167. The molecule has 1 atom stereocenters. The van der Waals surface area contributed by atoms with Gasteiger partial charge in [-0.15, -0.1) is 11.8 Å². The van der Waals surface area contributed by atoms with Gasteiger partial charge in [-0.25, -0.2) is 9.69 Å². The van der Waals surface area contributed by atoms with E-state index in [-0.39, 0.29) is 34.3 Å². The van der Waals surface area contributed by atoms with Crippen molar-refractivity contribution in [2.45, 2.75) is 27.0 Å². The molecule has 1 aliphatic rings. The maximum atomic E-state index is 12.7. The van der Waals surface area contributed by atoms with E-state index in [1.807, 2.05) is 0 Å². The van der Waals surface area contributed by atoms with E-state index in [1.165, 1.54) is 30.3 Å². The van der Waals surface area contributed by atoms with Crippen LogP contribution >= 0.6 is 23.5 Å². The van der Waals surface area contributed by atoms with Crippen molar-refractivity contribution in [3.63, 3.8) is 0 Å². The molecule has 0 bridgehead atoms. The van der Waals surface area contributed by atoms with E-state index >= 15 is 0 Å². The Morgan fingerprint density at radius 1 is 1.07 bits per heavy atom. The van der Waals surface area contributed by atoms with Gasteiger partial charge in [-0.1, -0.05) is 12.1 Å². The smallest absolute Gasteiger partial charge is 0.446 e. The zero-order chi connectivity index (χ0) is 20.5. The number of carboxylic acids is 1. The summed E-state index contributed by atoms with van der Waals surface area (Å²) in [5.74, 6) is -2.17. The highest BCUT2D eigenvalue weighted by Crippen LogP contribution is 2.39. The summed E-state index contributed by atoms with van der Waals surface area (Å²) < 4.78 is 37.2. The van der Waals surface area contributed by atoms with Gasteiger partial charge in [0.1, 0.15) is 0 Å².